The Bertz CT molecular complexity index is 1630. The number of hydrogen-bond donors (Lipinski definition) is 0. The molecule has 0 spiro atoms. The molecule has 1 unspecified atom stereocenters. The highest BCUT2D eigenvalue weighted by Gasteiger charge is 2.35. The molecule has 1 fully saturated rings. The van der Waals surface area contributed by atoms with Crippen LogP contribution in [0.5, 0.6) is 0 Å². The van der Waals surface area contributed by atoms with Crippen LogP contribution in [0.4, 0.5) is 15.9 Å². The first-order chi connectivity index (χ1) is 17.8. The van der Waals surface area contributed by atoms with Gasteiger partial charge < -0.3 is 18.9 Å². The van der Waals surface area contributed by atoms with Gasteiger partial charge in [-0.1, -0.05) is 18.7 Å². The SMILES string of the molecule is [C-]#[N+]c1ccc2c(n1)c(N1CCN(C(c3ccc(F)cc3)c3cncn3C)[C@H](C)C1)c(C#N)c(=O)n2C. The van der Waals surface area contributed by atoms with Crippen LogP contribution in [0, 0.1) is 23.7 Å². The van der Waals surface area contributed by atoms with E-state index >= 15 is 0 Å². The normalized spacial score (nSPS) is 16.9. The summed E-state index contributed by atoms with van der Waals surface area (Å²) in [6.07, 6.45) is 3.57. The van der Waals surface area contributed by atoms with Crippen molar-refractivity contribution in [3.63, 3.8) is 0 Å². The molecule has 5 rings (SSSR count). The Hall–Kier alpha value is -4.54. The van der Waals surface area contributed by atoms with Crippen molar-refractivity contribution in [3.05, 3.63) is 93.3 Å². The number of benzene rings is 1. The summed E-state index contributed by atoms with van der Waals surface area (Å²) < 4.78 is 17.1. The van der Waals surface area contributed by atoms with Crippen LogP contribution in [-0.4, -0.2) is 49.7 Å². The molecule has 0 aliphatic carbocycles. The van der Waals surface area contributed by atoms with Crippen LogP contribution in [0.25, 0.3) is 15.9 Å². The first kappa shape index (κ1) is 24.2. The second-order valence-electron chi connectivity index (χ2n) is 9.26. The number of fused-ring (bicyclic) bond motifs is 1. The lowest BCUT2D eigenvalue weighted by Crippen LogP contribution is -2.54. The molecule has 37 heavy (non-hydrogen) atoms. The van der Waals surface area contributed by atoms with Crippen LogP contribution in [0.2, 0.25) is 0 Å². The van der Waals surface area contributed by atoms with Gasteiger partial charge in [0.15, 0.2) is 0 Å². The number of nitriles is 1. The molecule has 4 heterocycles. The fraction of sp³-hybridized carbons (Fsp3) is 0.296. The lowest BCUT2D eigenvalue weighted by Gasteiger charge is -2.45. The van der Waals surface area contributed by atoms with Gasteiger partial charge in [0.1, 0.15) is 23.1 Å². The number of anilines is 1. The minimum absolute atomic E-state index is 0.00611. The standard InChI is InChI=1S/C27H25FN8O/c1-17-15-35(26-20(13-29)27(37)34(4)21-9-10-23(30-2)32-24(21)26)11-12-36(17)25(22-14-31-16-33(22)3)18-5-7-19(28)8-6-18/h5-10,14,16-17,25H,11-12,15H2,1,3-4H3/t17-,25?/m1/s1. The third-order valence-corrected chi connectivity index (χ3v) is 7.07. The molecule has 1 saturated heterocycles. The van der Waals surface area contributed by atoms with Crippen molar-refractivity contribution in [2.75, 3.05) is 24.5 Å². The van der Waals surface area contributed by atoms with Gasteiger partial charge in [-0.25, -0.2) is 9.37 Å². The summed E-state index contributed by atoms with van der Waals surface area (Å²) in [5, 5.41) is 9.94. The lowest BCUT2D eigenvalue weighted by atomic mass is 9.98. The maximum absolute atomic E-state index is 13.7. The van der Waals surface area contributed by atoms with E-state index in [1.807, 2.05) is 22.7 Å². The Morgan fingerprint density at radius 1 is 1.19 bits per heavy atom. The van der Waals surface area contributed by atoms with Crippen molar-refractivity contribution in [1.29, 1.82) is 5.26 Å². The Morgan fingerprint density at radius 2 is 1.95 bits per heavy atom. The van der Waals surface area contributed by atoms with E-state index in [1.165, 1.54) is 16.7 Å². The fourth-order valence-electron chi connectivity index (χ4n) is 5.22. The Balaban J connectivity index is 1.57. The Morgan fingerprint density at radius 3 is 2.57 bits per heavy atom. The molecule has 186 valence electrons. The number of aromatic nitrogens is 4. The van der Waals surface area contributed by atoms with E-state index in [4.69, 9.17) is 6.57 Å². The van der Waals surface area contributed by atoms with E-state index in [2.05, 4.69) is 32.7 Å². The van der Waals surface area contributed by atoms with Crippen molar-refractivity contribution < 1.29 is 4.39 Å². The highest BCUT2D eigenvalue weighted by Crippen LogP contribution is 2.35. The highest BCUT2D eigenvalue weighted by molar-refractivity contribution is 5.92. The molecule has 1 aromatic carbocycles. The average molecular weight is 497 g/mol. The predicted octanol–water partition coefficient (Wildman–Crippen LogP) is 3.53. The molecule has 0 bridgehead atoms. The molecule has 2 atom stereocenters. The van der Waals surface area contributed by atoms with Gasteiger partial charge in [-0.15, -0.1) is 4.98 Å². The molecule has 0 N–H and O–H groups in total. The van der Waals surface area contributed by atoms with E-state index in [0.717, 1.165) is 11.3 Å². The number of imidazole rings is 1. The number of pyridine rings is 2. The van der Waals surface area contributed by atoms with Crippen LogP contribution in [0.1, 0.15) is 29.8 Å². The van der Waals surface area contributed by atoms with Crippen LogP contribution in [0.15, 0.2) is 53.7 Å². The monoisotopic (exact) mass is 496 g/mol. The van der Waals surface area contributed by atoms with Crippen LogP contribution >= 0.6 is 0 Å². The Labute approximate surface area is 213 Å². The number of rotatable bonds is 4. The summed E-state index contributed by atoms with van der Waals surface area (Å²) in [6, 6.07) is 11.7. The van der Waals surface area contributed by atoms with E-state index in [-0.39, 0.29) is 29.3 Å². The van der Waals surface area contributed by atoms with Gasteiger partial charge in [0.05, 0.1) is 29.8 Å². The fourth-order valence-corrected chi connectivity index (χ4v) is 5.22. The van der Waals surface area contributed by atoms with Crippen molar-refractivity contribution >= 4 is 22.5 Å². The average Bonchev–Trinajstić information content (AvgIpc) is 3.33. The van der Waals surface area contributed by atoms with Crippen LogP contribution in [0.3, 0.4) is 0 Å². The molecule has 10 heteroatoms. The molecular formula is C27H25FN8O. The van der Waals surface area contributed by atoms with Crippen molar-refractivity contribution in [3.8, 4) is 6.07 Å². The second kappa shape index (κ2) is 9.49. The zero-order valence-electron chi connectivity index (χ0n) is 20.8. The largest absolute Gasteiger partial charge is 0.364 e. The predicted molar refractivity (Wildman–Crippen MR) is 138 cm³/mol. The molecular weight excluding hydrogens is 471 g/mol. The van der Waals surface area contributed by atoms with Gasteiger partial charge >= 0.3 is 0 Å². The van der Waals surface area contributed by atoms with Gasteiger partial charge in [0, 0.05) is 39.8 Å². The van der Waals surface area contributed by atoms with E-state index < -0.39 is 5.56 Å². The first-order valence-corrected chi connectivity index (χ1v) is 11.9. The summed E-state index contributed by atoms with van der Waals surface area (Å²) in [5.74, 6) is -0.0891. The van der Waals surface area contributed by atoms with Gasteiger partial charge in [0.2, 0.25) is 5.52 Å². The third kappa shape index (κ3) is 4.11. The number of piperazine rings is 1. The van der Waals surface area contributed by atoms with Gasteiger partial charge in [-0.2, -0.15) is 5.26 Å². The third-order valence-electron chi connectivity index (χ3n) is 7.07. The smallest absolute Gasteiger partial charge is 0.271 e. The first-order valence-electron chi connectivity index (χ1n) is 11.9. The van der Waals surface area contributed by atoms with E-state index in [1.54, 1.807) is 37.6 Å². The number of nitrogens with zero attached hydrogens (tertiary/aromatic N) is 8. The minimum Gasteiger partial charge on any atom is -0.364 e. The maximum Gasteiger partial charge on any atom is 0.271 e. The number of aryl methyl sites for hydroxylation is 2. The molecule has 1 aliphatic rings. The molecule has 1 aliphatic heterocycles. The second-order valence-corrected chi connectivity index (χ2v) is 9.26. The van der Waals surface area contributed by atoms with Gasteiger partial charge in [-0.05, 0) is 36.8 Å². The molecule has 9 nitrogen and oxygen atoms in total. The minimum atomic E-state index is -0.392. The van der Waals surface area contributed by atoms with Crippen molar-refractivity contribution in [2.45, 2.75) is 19.0 Å². The molecule has 3 aromatic heterocycles. The summed E-state index contributed by atoms with van der Waals surface area (Å²) in [7, 11) is 3.54. The molecule has 0 saturated carbocycles. The molecule has 0 amide bonds. The van der Waals surface area contributed by atoms with Crippen molar-refractivity contribution in [1.82, 2.24) is 24.0 Å². The summed E-state index contributed by atoms with van der Waals surface area (Å²) >= 11 is 0. The lowest BCUT2D eigenvalue weighted by molar-refractivity contribution is 0.146. The molecule has 4 aromatic rings. The molecule has 0 radical (unpaired) electrons. The quantitative estimate of drug-likeness (QED) is 0.402. The van der Waals surface area contributed by atoms with Gasteiger partial charge in [-0.3, -0.25) is 9.69 Å². The zero-order chi connectivity index (χ0) is 26.3. The topological polar surface area (TPSA) is 87.3 Å². The summed E-state index contributed by atoms with van der Waals surface area (Å²) in [6.45, 7) is 11.1. The maximum atomic E-state index is 13.7. The van der Waals surface area contributed by atoms with E-state index in [9.17, 15) is 14.4 Å². The van der Waals surface area contributed by atoms with Crippen LogP contribution in [-0.2, 0) is 14.1 Å². The van der Waals surface area contributed by atoms with Crippen molar-refractivity contribution in [2.24, 2.45) is 14.1 Å². The zero-order valence-corrected chi connectivity index (χ0v) is 20.8. The Kier molecular flexibility index (Phi) is 6.20. The summed E-state index contributed by atoms with van der Waals surface area (Å²) in [4.78, 5) is 29.7. The number of halogens is 1. The number of hydrogen-bond acceptors (Lipinski definition) is 6. The van der Waals surface area contributed by atoms with E-state index in [0.29, 0.717) is 36.4 Å². The summed E-state index contributed by atoms with van der Waals surface area (Å²) in [5.41, 5.74) is 3.06. The highest BCUT2D eigenvalue weighted by atomic mass is 19.1. The van der Waals surface area contributed by atoms with Gasteiger partial charge in [0.25, 0.3) is 11.4 Å². The van der Waals surface area contributed by atoms with Crippen LogP contribution < -0.4 is 10.5 Å².